The number of nitrogens with two attached hydrogens (primary N) is 1. The third kappa shape index (κ3) is 3.79. The average Bonchev–Trinajstić information content (AvgIpc) is 2.91. The number of hydrogen-bond donors (Lipinski definition) is 2. The lowest BCUT2D eigenvalue weighted by atomic mass is 10.2. The van der Waals surface area contributed by atoms with Crippen LogP contribution in [0.4, 0.5) is 5.69 Å². The van der Waals surface area contributed by atoms with E-state index in [1.165, 1.54) is 11.8 Å². The summed E-state index contributed by atoms with van der Waals surface area (Å²) >= 11 is 1.43. The van der Waals surface area contributed by atoms with Crippen molar-refractivity contribution in [3.8, 4) is 0 Å². The van der Waals surface area contributed by atoms with Gasteiger partial charge in [-0.25, -0.2) is 0 Å². The number of hydrogen-bond acceptors (Lipinski definition) is 4. The summed E-state index contributed by atoms with van der Waals surface area (Å²) in [4.78, 5) is 12.7. The van der Waals surface area contributed by atoms with E-state index < -0.39 is 0 Å². The predicted molar refractivity (Wildman–Crippen MR) is 76.8 cm³/mol. The highest BCUT2D eigenvalue weighted by Gasteiger charge is 2.12. The van der Waals surface area contributed by atoms with Crippen LogP contribution in [-0.2, 0) is 4.79 Å². The van der Waals surface area contributed by atoms with Crippen LogP contribution >= 0.6 is 11.8 Å². The molecular weight excluding hydrogens is 260 g/mol. The van der Waals surface area contributed by atoms with E-state index in [2.05, 4.69) is 5.32 Å². The van der Waals surface area contributed by atoms with E-state index in [0.29, 0.717) is 11.4 Å². The summed E-state index contributed by atoms with van der Waals surface area (Å²) in [5.74, 6) is 1.04. The molecule has 5 heteroatoms. The summed E-state index contributed by atoms with van der Waals surface area (Å²) in [5, 5.41) is 2.88. The zero-order valence-corrected chi connectivity index (χ0v) is 11.4. The number of carbonyl (C=O) groups is 1. The standard InChI is InChI=1S/C14H16N2O2S/c1-10(12-6-4-8-18-12)16-14(17)9-19-13-7-3-2-5-11(13)15/h2-8,10H,9,15H2,1H3,(H,16,17). The van der Waals surface area contributed by atoms with Gasteiger partial charge in [-0.15, -0.1) is 11.8 Å². The summed E-state index contributed by atoms with van der Waals surface area (Å²) in [5.41, 5.74) is 6.51. The number of rotatable bonds is 5. The monoisotopic (exact) mass is 276 g/mol. The number of nitrogens with one attached hydrogen (secondary N) is 1. The molecule has 0 saturated carbocycles. The highest BCUT2D eigenvalue weighted by Crippen LogP contribution is 2.24. The van der Waals surface area contributed by atoms with Crippen molar-refractivity contribution in [3.05, 3.63) is 48.4 Å². The SMILES string of the molecule is CC(NC(=O)CSc1ccccc1N)c1ccco1. The molecule has 19 heavy (non-hydrogen) atoms. The fourth-order valence-corrected chi connectivity index (χ4v) is 2.43. The van der Waals surface area contributed by atoms with Gasteiger partial charge in [-0.05, 0) is 31.2 Å². The first-order valence-corrected chi connectivity index (χ1v) is 6.95. The number of para-hydroxylation sites is 1. The van der Waals surface area contributed by atoms with Gasteiger partial charge in [0.2, 0.25) is 5.91 Å². The molecule has 0 aliphatic heterocycles. The third-order valence-electron chi connectivity index (χ3n) is 2.63. The zero-order chi connectivity index (χ0) is 13.7. The van der Waals surface area contributed by atoms with Crippen LogP contribution in [0.3, 0.4) is 0 Å². The van der Waals surface area contributed by atoms with Crippen molar-refractivity contribution in [2.75, 3.05) is 11.5 Å². The molecule has 1 unspecified atom stereocenters. The summed E-state index contributed by atoms with van der Waals surface area (Å²) in [7, 11) is 0. The lowest BCUT2D eigenvalue weighted by molar-refractivity contribution is -0.119. The molecule has 100 valence electrons. The molecule has 4 nitrogen and oxygen atoms in total. The van der Waals surface area contributed by atoms with Gasteiger partial charge >= 0.3 is 0 Å². The van der Waals surface area contributed by atoms with Crippen molar-refractivity contribution in [3.63, 3.8) is 0 Å². The van der Waals surface area contributed by atoms with Gasteiger partial charge in [-0.1, -0.05) is 12.1 Å². The van der Waals surface area contributed by atoms with Crippen molar-refractivity contribution < 1.29 is 9.21 Å². The van der Waals surface area contributed by atoms with E-state index in [1.807, 2.05) is 37.3 Å². The minimum Gasteiger partial charge on any atom is -0.467 e. The Bertz CT molecular complexity index is 540. The van der Waals surface area contributed by atoms with E-state index >= 15 is 0 Å². The first-order valence-electron chi connectivity index (χ1n) is 5.97. The fraction of sp³-hybridized carbons (Fsp3) is 0.214. The molecule has 2 rings (SSSR count). The van der Waals surface area contributed by atoms with Crippen molar-refractivity contribution >= 4 is 23.4 Å². The zero-order valence-electron chi connectivity index (χ0n) is 10.6. The van der Waals surface area contributed by atoms with Crippen LogP contribution < -0.4 is 11.1 Å². The first kappa shape index (κ1) is 13.5. The molecule has 1 heterocycles. The maximum atomic E-state index is 11.8. The van der Waals surface area contributed by atoms with Crippen LogP contribution in [-0.4, -0.2) is 11.7 Å². The minimum absolute atomic E-state index is 0.0443. The second-order valence-electron chi connectivity index (χ2n) is 4.13. The average molecular weight is 276 g/mol. The molecule has 0 aliphatic rings. The second kappa shape index (κ2) is 6.33. The van der Waals surface area contributed by atoms with Crippen LogP contribution in [0.1, 0.15) is 18.7 Å². The summed E-state index contributed by atoms with van der Waals surface area (Å²) in [6.07, 6.45) is 1.59. The van der Waals surface area contributed by atoms with Gasteiger partial charge in [-0.2, -0.15) is 0 Å². The van der Waals surface area contributed by atoms with E-state index in [-0.39, 0.29) is 11.9 Å². The number of benzene rings is 1. The van der Waals surface area contributed by atoms with E-state index in [4.69, 9.17) is 10.2 Å². The van der Waals surface area contributed by atoms with Crippen molar-refractivity contribution in [2.24, 2.45) is 0 Å². The Morgan fingerprint density at radius 2 is 2.16 bits per heavy atom. The topological polar surface area (TPSA) is 68.3 Å². The van der Waals surface area contributed by atoms with Gasteiger partial charge in [-0.3, -0.25) is 4.79 Å². The number of furan rings is 1. The summed E-state index contributed by atoms with van der Waals surface area (Å²) < 4.78 is 5.24. The molecule has 2 aromatic rings. The van der Waals surface area contributed by atoms with Crippen LogP contribution in [0.25, 0.3) is 0 Å². The smallest absolute Gasteiger partial charge is 0.230 e. The Hall–Kier alpha value is -1.88. The number of carbonyl (C=O) groups excluding carboxylic acids is 1. The number of anilines is 1. The maximum Gasteiger partial charge on any atom is 0.230 e. The number of nitrogen functional groups attached to an aromatic ring is 1. The molecule has 1 amide bonds. The molecule has 0 aliphatic carbocycles. The normalized spacial score (nSPS) is 12.1. The molecule has 1 atom stereocenters. The molecule has 1 aromatic carbocycles. The van der Waals surface area contributed by atoms with Gasteiger partial charge in [0.15, 0.2) is 0 Å². The van der Waals surface area contributed by atoms with Crippen LogP contribution in [0.15, 0.2) is 52.0 Å². The van der Waals surface area contributed by atoms with Crippen LogP contribution in [0, 0.1) is 0 Å². The van der Waals surface area contributed by atoms with Crippen molar-refractivity contribution in [1.29, 1.82) is 0 Å². The Morgan fingerprint density at radius 1 is 1.37 bits per heavy atom. The van der Waals surface area contributed by atoms with Gasteiger partial charge in [0.05, 0.1) is 18.1 Å². The molecule has 1 aromatic heterocycles. The first-order chi connectivity index (χ1) is 9.16. The van der Waals surface area contributed by atoms with Gasteiger partial charge in [0.1, 0.15) is 5.76 Å². The number of thioether (sulfide) groups is 1. The predicted octanol–water partition coefficient (Wildman–Crippen LogP) is 2.83. The molecule has 0 fully saturated rings. The molecule has 3 N–H and O–H groups in total. The van der Waals surface area contributed by atoms with Gasteiger partial charge in [0, 0.05) is 10.6 Å². The molecule has 0 bridgehead atoms. The summed E-state index contributed by atoms with van der Waals surface area (Å²) in [6.45, 7) is 1.89. The second-order valence-corrected chi connectivity index (χ2v) is 5.15. The third-order valence-corrected chi connectivity index (χ3v) is 3.71. The lowest BCUT2D eigenvalue weighted by Gasteiger charge is -2.11. The van der Waals surface area contributed by atoms with E-state index in [9.17, 15) is 4.79 Å². The molecular formula is C14H16N2O2S. The van der Waals surface area contributed by atoms with Gasteiger partial charge < -0.3 is 15.5 Å². The van der Waals surface area contributed by atoms with Crippen molar-refractivity contribution in [1.82, 2.24) is 5.32 Å². The van der Waals surface area contributed by atoms with Gasteiger partial charge in [0.25, 0.3) is 0 Å². The summed E-state index contributed by atoms with van der Waals surface area (Å²) in [6, 6.07) is 11.0. The Balaban J connectivity index is 1.84. The Morgan fingerprint density at radius 3 is 2.84 bits per heavy atom. The quantitative estimate of drug-likeness (QED) is 0.651. The molecule has 0 radical (unpaired) electrons. The Kier molecular flexibility index (Phi) is 4.52. The van der Waals surface area contributed by atoms with E-state index in [0.717, 1.165) is 10.7 Å². The lowest BCUT2D eigenvalue weighted by Crippen LogP contribution is -2.27. The minimum atomic E-state index is -0.128. The molecule has 0 saturated heterocycles. The van der Waals surface area contributed by atoms with E-state index in [1.54, 1.807) is 12.3 Å². The highest BCUT2D eigenvalue weighted by molar-refractivity contribution is 8.00. The van der Waals surface area contributed by atoms with Crippen LogP contribution in [0.5, 0.6) is 0 Å². The fourth-order valence-electron chi connectivity index (χ4n) is 1.65. The number of amides is 1. The Labute approximate surface area is 116 Å². The molecule has 0 spiro atoms. The van der Waals surface area contributed by atoms with Crippen LogP contribution in [0.2, 0.25) is 0 Å². The van der Waals surface area contributed by atoms with Crippen molar-refractivity contribution in [2.45, 2.75) is 17.9 Å². The highest BCUT2D eigenvalue weighted by atomic mass is 32.2. The maximum absolute atomic E-state index is 11.8. The largest absolute Gasteiger partial charge is 0.467 e.